The van der Waals surface area contributed by atoms with Crippen LogP contribution in [0.2, 0.25) is 0 Å². The maximum absolute atomic E-state index is 12.4. The topological polar surface area (TPSA) is 69.7 Å². The number of rotatable bonds is 4. The molecule has 0 saturated heterocycles. The standard InChI is InChI=1S/C18H14O5S/c1-22-18(19)15-7-4-8-17(12-15)24(20,21)23-16-10-9-13-5-2-3-6-14(13)11-16/h2-12H,1H3. The Labute approximate surface area is 139 Å². The molecule has 0 aliphatic heterocycles. The molecule has 0 N–H and O–H groups in total. The van der Waals surface area contributed by atoms with E-state index in [9.17, 15) is 13.2 Å². The predicted molar refractivity (Wildman–Crippen MR) is 89.5 cm³/mol. The second-order valence-electron chi connectivity index (χ2n) is 5.07. The number of ether oxygens (including phenoxy) is 1. The Kier molecular flexibility index (Phi) is 4.22. The first kappa shape index (κ1) is 16.0. The van der Waals surface area contributed by atoms with Gasteiger partial charge in [-0.2, -0.15) is 8.42 Å². The van der Waals surface area contributed by atoms with E-state index in [4.69, 9.17) is 4.18 Å². The third-order valence-corrected chi connectivity index (χ3v) is 4.71. The van der Waals surface area contributed by atoms with E-state index in [0.29, 0.717) is 0 Å². The highest BCUT2D eigenvalue weighted by Crippen LogP contribution is 2.24. The lowest BCUT2D eigenvalue weighted by Crippen LogP contribution is -2.11. The zero-order valence-corrected chi connectivity index (χ0v) is 13.6. The van der Waals surface area contributed by atoms with Gasteiger partial charge in [-0.05, 0) is 41.1 Å². The summed E-state index contributed by atoms with van der Waals surface area (Å²) in [5.41, 5.74) is 0.140. The molecule has 0 unspecified atom stereocenters. The van der Waals surface area contributed by atoms with Crippen LogP contribution in [0.3, 0.4) is 0 Å². The number of hydrogen-bond acceptors (Lipinski definition) is 5. The lowest BCUT2D eigenvalue weighted by molar-refractivity contribution is 0.0600. The summed E-state index contributed by atoms with van der Waals surface area (Å²) in [5, 5.41) is 1.85. The second-order valence-corrected chi connectivity index (χ2v) is 6.61. The monoisotopic (exact) mass is 342 g/mol. The first-order valence-corrected chi connectivity index (χ1v) is 8.52. The largest absolute Gasteiger partial charge is 0.465 e. The average molecular weight is 342 g/mol. The summed E-state index contributed by atoms with van der Waals surface area (Å²) in [7, 11) is -2.82. The molecule has 0 bridgehead atoms. The van der Waals surface area contributed by atoms with Crippen LogP contribution in [0.4, 0.5) is 0 Å². The van der Waals surface area contributed by atoms with E-state index < -0.39 is 16.1 Å². The number of benzene rings is 3. The minimum Gasteiger partial charge on any atom is -0.465 e. The molecule has 0 amide bonds. The van der Waals surface area contributed by atoms with Gasteiger partial charge in [0.15, 0.2) is 0 Å². The number of carbonyl (C=O) groups is 1. The maximum atomic E-state index is 12.4. The lowest BCUT2D eigenvalue weighted by atomic mass is 10.1. The molecule has 0 aliphatic carbocycles. The van der Waals surface area contributed by atoms with Crippen LogP contribution in [0.15, 0.2) is 71.6 Å². The molecule has 0 atom stereocenters. The highest BCUT2D eigenvalue weighted by molar-refractivity contribution is 7.87. The van der Waals surface area contributed by atoms with E-state index in [1.807, 2.05) is 24.3 Å². The summed E-state index contributed by atoms with van der Waals surface area (Å²) >= 11 is 0. The van der Waals surface area contributed by atoms with E-state index in [2.05, 4.69) is 4.74 Å². The van der Waals surface area contributed by atoms with Crippen LogP contribution in [0.25, 0.3) is 10.8 Å². The minimum atomic E-state index is -4.05. The van der Waals surface area contributed by atoms with Gasteiger partial charge < -0.3 is 8.92 Å². The van der Waals surface area contributed by atoms with Gasteiger partial charge in [0.25, 0.3) is 0 Å². The Morgan fingerprint density at radius 3 is 2.38 bits per heavy atom. The fourth-order valence-corrected chi connectivity index (χ4v) is 3.26. The Bertz CT molecular complexity index is 1010. The van der Waals surface area contributed by atoms with Crippen molar-refractivity contribution in [1.29, 1.82) is 0 Å². The van der Waals surface area contributed by atoms with Crippen molar-refractivity contribution < 1.29 is 22.1 Å². The smallest absolute Gasteiger partial charge is 0.339 e. The zero-order chi connectivity index (χ0) is 17.2. The predicted octanol–water partition coefficient (Wildman–Crippen LogP) is 3.39. The molecular formula is C18H14O5S. The summed E-state index contributed by atoms with van der Waals surface area (Å²) < 4.78 is 34.6. The Morgan fingerprint density at radius 1 is 0.875 bits per heavy atom. The van der Waals surface area contributed by atoms with E-state index in [0.717, 1.165) is 10.8 Å². The molecule has 0 spiro atoms. The second kappa shape index (κ2) is 6.33. The molecule has 3 rings (SSSR count). The zero-order valence-electron chi connectivity index (χ0n) is 12.8. The van der Waals surface area contributed by atoms with Gasteiger partial charge in [0.05, 0.1) is 12.7 Å². The van der Waals surface area contributed by atoms with E-state index in [-0.39, 0.29) is 16.2 Å². The molecule has 3 aromatic rings. The highest BCUT2D eigenvalue weighted by Gasteiger charge is 2.19. The molecule has 0 radical (unpaired) electrons. The number of methoxy groups -OCH3 is 1. The number of hydrogen-bond donors (Lipinski definition) is 0. The van der Waals surface area contributed by atoms with Crippen molar-refractivity contribution in [2.75, 3.05) is 7.11 Å². The molecule has 122 valence electrons. The van der Waals surface area contributed by atoms with Gasteiger partial charge in [-0.3, -0.25) is 0 Å². The summed E-state index contributed by atoms with van der Waals surface area (Å²) in [5.74, 6) is -0.407. The fraction of sp³-hybridized carbons (Fsp3) is 0.0556. The fourth-order valence-electron chi connectivity index (χ4n) is 2.29. The average Bonchev–Trinajstić information content (AvgIpc) is 2.60. The SMILES string of the molecule is COC(=O)c1cccc(S(=O)(=O)Oc2ccc3ccccc3c2)c1. The summed E-state index contributed by atoms with van der Waals surface area (Å²) in [6, 6.07) is 18.1. The van der Waals surface area contributed by atoms with Gasteiger partial charge in [0, 0.05) is 0 Å². The van der Waals surface area contributed by atoms with Crippen LogP contribution < -0.4 is 4.18 Å². The summed E-state index contributed by atoms with van der Waals surface area (Å²) in [6.07, 6.45) is 0. The van der Waals surface area contributed by atoms with Gasteiger partial charge in [-0.25, -0.2) is 4.79 Å². The van der Waals surface area contributed by atoms with Crippen molar-refractivity contribution in [2.24, 2.45) is 0 Å². The summed E-state index contributed by atoms with van der Waals surface area (Å²) in [4.78, 5) is 11.4. The number of esters is 1. The lowest BCUT2D eigenvalue weighted by Gasteiger charge is -2.09. The van der Waals surface area contributed by atoms with Crippen molar-refractivity contribution in [2.45, 2.75) is 4.90 Å². The molecule has 0 heterocycles. The first-order chi connectivity index (χ1) is 11.5. The first-order valence-electron chi connectivity index (χ1n) is 7.11. The van der Waals surface area contributed by atoms with Crippen molar-refractivity contribution in [3.63, 3.8) is 0 Å². The molecule has 6 heteroatoms. The van der Waals surface area contributed by atoms with Crippen molar-refractivity contribution in [3.8, 4) is 5.75 Å². The summed E-state index contributed by atoms with van der Waals surface area (Å²) in [6.45, 7) is 0. The van der Waals surface area contributed by atoms with E-state index in [1.165, 1.54) is 31.4 Å². The van der Waals surface area contributed by atoms with Gasteiger partial charge in [-0.1, -0.05) is 36.4 Å². The molecular weight excluding hydrogens is 328 g/mol. The molecule has 0 fully saturated rings. The Morgan fingerprint density at radius 2 is 1.62 bits per heavy atom. The van der Waals surface area contributed by atoms with E-state index in [1.54, 1.807) is 18.2 Å². The molecule has 5 nitrogen and oxygen atoms in total. The van der Waals surface area contributed by atoms with Crippen LogP contribution in [0, 0.1) is 0 Å². The quantitative estimate of drug-likeness (QED) is 0.537. The molecule has 24 heavy (non-hydrogen) atoms. The third-order valence-electron chi connectivity index (χ3n) is 3.47. The molecule has 3 aromatic carbocycles. The minimum absolute atomic E-state index is 0.112. The van der Waals surface area contributed by atoms with Crippen LogP contribution in [-0.4, -0.2) is 21.5 Å². The number of carbonyl (C=O) groups excluding carboxylic acids is 1. The number of fused-ring (bicyclic) bond motifs is 1. The van der Waals surface area contributed by atoms with Crippen molar-refractivity contribution in [3.05, 3.63) is 72.3 Å². The van der Waals surface area contributed by atoms with E-state index >= 15 is 0 Å². The highest BCUT2D eigenvalue weighted by atomic mass is 32.2. The molecule has 0 saturated carbocycles. The van der Waals surface area contributed by atoms with Crippen molar-refractivity contribution >= 4 is 26.9 Å². The van der Waals surface area contributed by atoms with Gasteiger partial charge in [0.2, 0.25) is 0 Å². The van der Waals surface area contributed by atoms with Gasteiger partial charge in [0.1, 0.15) is 10.6 Å². The van der Waals surface area contributed by atoms with Crippen molar-refractivity contribution in [1.82, 2.24) is 0 Å². The Balaban J connectivity index is 1.94. The van der Waals surface area contributed by atoms with Crippen LogP contribution >= 0.6 is 0 Å². The van der Waals surface area contributed by atoms with Gasteiger partial charge in [-0.15, -0.1) is 0 Å². The molecule has 0 aromatic heterocycles. The maximum Gasteiger partial charge on any atom is 0.339 e. The van der Waals surface area contributed by atoms with Gasteiger partial charge >= 0.3 is 16.1 Å². The Hall–Kier alpha value is -2.86. The van der Waals surface area contributed by atoms with Crippen LogP contribution in [0.1, 0.15) is 10.4 Å². The van der Waals surface area contributed by atoms with Crippen LogP contribution in [0.5, 0.6) is 5.75 Å². The molecule has 0 aliphatic rings. The van der Waals surface area contributed by atoms with Crippen LogP contribution in [-0.2, 0) is 14.9 Å². The third kappa shape index (κ3) is 3.23. The normalized spacial score (nSPS) is 11.2.